The molecule has 1 rings (SSSR count). The molecule has 5 heteroatoms. The predicted molar refractivity (Wildman–Crippen MR) is 78.9 cm³/mol. The second kappa shape index (κ2) is 7.94. The van der Waals surface area contributed by atoms with E-state index < -0.39 is 0 Å². The fourth-order valence-electron chi connectivity index (χ4n) is 1.41. The number of hydrogen-bond donors (Lipinski definition) is 2. The normalized spacial score (nSPS) is 10.3. The van der Waals surface area contributed by atoms with Crippen LogP contribution in [0.2, 0.25) is 0 Å². The average molecular weight is 327 g/mol. The molecule has 0 saturated heterocycles. The summed E-state index contributed by atoms with van der Waals surface area (Å²) in [5, 5.41) is 5.62. The van der Waals surface area contributed by atoms with Crippen molar-refractivity contribution in [3.05, 3.63) is 34.3 Å². The number of nitrogens with one attached hydrogen (secondary N) is 2. The van der Waals surface area contributed by atoms with Crippen molar-refractivity contribution < 1.29 is 9.59 Å². The minimum atomic E-state index is -0.0947. The van der Waals surface area contributed by atoms with E-state index >= 15 is 0 Å². The van der Waals surface area contributed by atoms with Gasteiger partial charge in [-0.2, -0.15) is 0 Å². The highest BCUT2D eigenvalue weighted by molar-refractivity contribution is 9.10. The summed E-state index contributed by atoms with van der Waals surface area (Å²) in [4.78, 5) is 23.0. The number of benzene rings is 1. The Balaban J connectivity index is 2.21. The van der Waals surface area contributed by atoms with Crippen LogP contribution in [0.3, 0.4) is 0 Å². The summed E-state index contributed by atoms with van der Waals surface area (Å²) >= 11 is 3.32. The SMILES string of the molecule is CC(C)C(=O)NCCCNC(=O)c1ccc(Br)cc1. The Morgan fingerprint density at radius 1 is 1.11 bits per heavy atom. The first-order valence-electron chi connectivity index (χ1n) is 6.32. The molecule has 4 nitrogen and oxygen atoms in total. The molecule has 1 aromatic carbocycles. The number of amides is 2. The zero-order valence-corrected chi connectivity index (χ0v) is 12.8. The lowest BCUT2D eigenvalue weighted by Crippen LogP contribution is -2.31. The molecule has 1 aromatic rings. The van der Waals surface area contributed by atoms with Gasteiger partial charge in [0, 0.05) is 29.0 Å². The highest BCUT2D eigenvalue weighted by atomic mass is 79.9. The van der Waals surface area contributed by atoms with Crippen molar-refractivity contribution in [2.24, 2.45) is 5.92 Å². The Bertz CT molecular complexity index is 430. The largest absolute Gasteiger partial charge is 0.356 e. The topological polar surface area (TPSA) is 58.2 Å². The van der Waals surface area contributed by atoms with Gasteiger partial charge in [0.2, 0.25) is 5.91 Å². The molecular formula is C14H19BrN2O2. The van der Waals surface area contributed by atoms with Crippen molar-refractivity contribution in [3.63, 3.8) is 0 Å². The Kier molecular flexibility index (Phi) is 6.56. The zero-order chi connectivity index (χ0) is 14.3. The smallest absolute Gasteiger partial charge is 0.251 e. The Hall–Kier alpha value is -1.36. The molecule has 0 fully saturated rings. The summed E-state index contributed by atoms with van der Waals surface area (Å²) in [6.07, 6.45) is 0.723. The van der Waals surface area contributed by atoms with Crippen molar-refractivity contribution in [1.29, 1.82) is 0 Å². The maximum absolute atomic E-state index is 11.7. The summed E-state index contributed by atoms with van der Waals surface area (Å²) in [7, 11) is 0. The molecule has 0 aromatic heterocycles. The summed E-state index contributed by atoms with van der Waals surface area (Å²) < 4.78 is 0.945. The van der Waals surface area contributed by atoms with E-state index in [0.29, 0.717) is 18.7 Å². The number of halogens is 1. The standard InChI is InChI=1S/C14H19BrN2O2/c1-10(2)13(18)16-8-3-9-17-14(19)11-4-6-12(15)7-5-11/h4-7,10H,3,8-9H2,1-2H3,(H,16,18)(H,17,19). The van der Waals surface area contributed by atoms with Crippen LogP contribution in [0.5, 0.6) is 0 Å². The van der Waals surface area contributed by atoms with E-state index in [4.69, 9.17) is 0 Å². The van der Waals surface area contributed by atoms with Crippen LogP contribution in [0.25, 0.3) is 0 Å². The summed E-state index contributed by atoms with van der Waals surface area (Å²) in [5.74, 6) is -0.0562. The third-order valence-electron chi connectivity index (χ3n) is 2.57. The molecule has 0 saturated carbocycles. The van der Waals surface area contributed by atoms with E-state index in [1.807, 2.05) is 26.0 Å². The fourth-order valence-corrected chi connectivity index (χ4v) is 1.67. The number of hydrogen-bond acceptors (Lipinski definition) is 2. The number of carbonyl (C=O) groups is 2. The summed E-state index contributed by atoms with van der Waals surface area (Å²) in [6.45, 7) is 4.83. The van der Waals surface area contributed by atoms with Crippen LogP contribution in [0.1, 0.15) is 30.6 Å². The van der Waals surface area contributed by atoms with E-state index in [1.54, 1.807) is 12.1 Å². The summed E-state index contributed by atoms with van der Waals surface area (Å²) in [5.41, 5.74) is 0.634. The first kappa shape index (κ1) is 15.7. The molecule has 0 bridgehead atoms. The van der Waals surface area contributed by atoms with Crippen LogP contribution in [-0.2, 0) is 4.79 Å². The molecule has 0 aliphatic heterocycles. The molecule has 0 aliphatic carbocycles. The molecule has 0 aliphatic rings. The van der Waals surface area contributed by atoms with Gasteiger partial charge in [-0.05, 0) is 30.7 Å². The minimum absolute atomic E-state index is 0.00245. The second-order valence-corrected chi connectivity index (χ2v) is 5.48. The van der Waals surface area contributed by atoms with Gasteiger partial charge in [-0.15, -0.1) is 0 Å². The van der Waals surface area contributed by atoms with Gasteiger partial charge in [-0.25, -0.2) is 0 Å². The Morgan fingerprint density at radius 2 is 1.68 bits per heavy atom. The van der Waals surface area contributed by atoms with E-state index in [2.05, 4.69) is 26.6 Å². The second-order valence-electron chi connectivity index (χ2n) is 4.56. The third-order valence-corrected chi connectivity index (χ3v) is 3.10. The van der Waals surface area contributed by atoms with Crippen LogP contribution in [-0.4, -0.2) is 24.9 Å². The molecule has 0 heterocycles. The van der Waals surface area contributed by atoms with Gasteiger partial charge in [-0.3, -0.25) is 9.59 Å². The van der Waals surface area contributed by atoms with Gasteiger partial charge in [0.15, 0.2) is 0 Å². The van der Waals surface area contributed by atoms with Gasteiger partial charge in [0.25, 0.3) is 5.91 Å². The van der Waals surface area contributed by atoms with Gasteiger partial charge in [0.05, 0.1) is 0 Å². The van der Waals surface area contributed by atoms with Gasteiger partial charge >= 0.3 is 0 Å². The zero-order valence-electron chi connectivity index (χ0n) is 11.2. The van der Waals surface area contributed by atoms with Crippen LogP contribution in [0, 0.1) is 5.92 Å². The first-order valence-corrected chi connectivity index (χ1v) is 7.11. The number of rotatable bonds is 6. The van der Waals surface area contributed by atoms with Crippen molar-refractivity contribution in [2.45, 2.75) is 20.3 Å². The quantitative estimate of drug-likeness (QED) is 0.788. The van der Waals surface area contributed by atoms with E-state index in [1.165, 1.54) is 0 Å². The molecule has 0 radical (unpaired) electrons. The summed E-state index contributed by atoms with van der Waals surface area (Å²) in [6, 6.07) is 7.19. The van der Waals surface area contributed by atoms with E-state index in [9.17, 15) is 9.59 Å². The van der Waals surface area contributed by atoms with Crippen molar-refractivity contribution in [1.82, 2.24) is 10.6 Å². The van der Waals surface area contributed by atoms with Crippen molar-refractivity contribution in [2.75, 3.05) is 13.1 Å². The maximum Gasteiger partial charge on any atom is 0.251 e. The van der Waals surface area contributed by atoms with Crippen molar-refractivity contribution >= 4 is 27.7 Å². The predicted octanol–water partition coefficient (Wildman–Crippen LogP) is 2.34. The molecular weight excluding hydrogens is 308 g/mol. The maximum atomic E-state index is 11.7. The molecule has 2 N–H and O–H groups in total. The highest BCUT2D eigenvalue weighted by Gasteiger charge is 2.06. The fraction of sp³-hybridized carbons (Fsp3) is 0.429. The first-order chi connectivity index (χ1) is 9.00. The van der Waals surface area contributed by atoms with Crippen LogP contribution in [0.15, 0.2) is 28.7 Å². The molecule has 0 atom stereocenters. The van der Waals surface area contributed by atoms with Crippen molar-refractivity contribution in [3.8, 4) is 0 Å². The highest BCUT2D eigenvalue weighted by Crippen LogP contribution is 2.10. The third kappa shape index (κ3) is 5.87. The van der Waals surface area contributed by atoms with E-state index in [0.717, 1.165) is 10.9 Å². The molecule has 0 spiro atoms. The van der Waals surface area contributed by atoms with Gasteiger partial charge < -0.3 is 10.6 Å². The van der Waals surface area contributed by atoms with E-state index in [-0.39, 0.29) is 17.7 Å². The lowest BCUT2D eigenvalue weighted by molar-refractivity contribution is -0.123. The van der Waals surface area contributed by atoms with Crippen LogP contribution >= 0.6 is 15.9 Å². The molecule has 104 valence electrons. The molecule has 2 amide bonds. The molecule has 19 heavy (non-hydrogen) atoms. The van der Waals surface area contributed by atoms with Crippen LogP contribution in [0.4, 0.5) is 0 Å². The lowest BCUT2D eigenvalue weighted by Gasteiger charge is -2.08. The lowest BCUT2D eigenvalue weighted by atomic mass is 10.2. The van der Waals surface area contributed by atoms with Gasteiger partial charge in [-0.1, -0.05) is 29.8 Å². The minimum Gasteiger partial charge on any atom is -0.356 e. The van der Waals surface area contributed by atoms with Crippen LogP contribution < -0.4 is 10.6 Å². The molecule has 0 unspecified atom stereocenters. The number of carbonyl (C=O) groups excluding carboxylic acids is 2. The Labute approximate surface area is 122 Å². The van der Waals surface area contributed by atoms with Gasteiger partial charge in [0.1, 0.15) is 0 Å². The monoisotopic (exact) mass is 326 g/mol. The average Bonchev–Trinajstić information content (AvgIpc) is 2.38. The Morgan fingerprint density at radius 3 is 2.26 bits per heavy atom.